The van der Waals surface area contributed by atoms with Crippen molar-refractivity contribution >= 4 is 5.91 Å². The molecule has 118 valence electrons. The Morgan fingerprint density at radius 3 is 2.77 bits per heavy atom. The molecule has 22 heavy (non-hydrogen) atoms. The van der Waals surface area contributed by atoms with Crippen molar-refractivity contribution in [1.82, 2.24) is 5.32 Å². The van der Waals surface area contributed by atoms with Crippen molar-refractivity contribution in [2.75, 3.05) is 6.54 Å². The number of aliphatic hydroxyl groups is 1. The molecule has 5 heteroatoms. The molecule has 3 aliphatic carbocycles. The number of hydrogen-bond donors (Lipinski definition) is 2. The highest BCUT2D eigenvalue weighted by Gasteiger charge is 2.62. The van der Waals surface area contributed by atoms with Crippen LogP contribution in [0.5, 0.6) is 0 Å². The molecule has 2 fully saturated rings. The number of amides is 1. The highest BCUT2D eigenvalue weighted by molar-refractivity contribution is 5.85. The smallest absolute Gasteiger partial charge is 0.352 e. The van der Waals surface area contributed by atoms with E-state index in [0.29, 0.717) is 18.3 Å². The Balaban J connectivity index is 1.37. The monoisotopic (exact) mass is 307 g/mol. The minimum Gasteiger partial charge on any atom is -0.383 e. The first kappa shape index (κ1) is 14.1. The highest BCUT2D eigenvalue weighted by Crippen LogP contribution is 2.61. The van der Waals surface area contributed by atoms with Crippen LogP contribution >= 0.6 is 0 Å². The van der Waals surface area contributed by atoms with E-state index in [1.54, 1.807) is 0 Å². The van der Waals surface area contributed by atoms with Crippen LogP contribution in [0.4, 0.5) is 8.78 Å². The molecule has 0 spiro atoms. The van der Waals surface area contributed by atoms with Gasteiger partial charge in [-0.15, -0.1) is 0 Å². The van der Waals surface area contributed by atoms with Crippen molar-refractivity contribution in [1.29, 1.82) is 0 Å². The molecule has 0 radical (unpaired) electrons. The van der Waals surface area contributed by atoms with E-state index < -0.39 is 17.4 Å². The maximum absolute atomic E-state index is 14.0. The molecule has 1 aromatic carbocycles. The van der Waals surface area contributed by atoms with E-state index in [1.165, 1.54) is 11.1 Å². The maximum Gasteiger partial charge on any atom is 0.352 e. The molecule has 3 aliphatic rings. The summed E-state index contributed by atoms with van der Waals surface area (Å²) in [6.07, 6.45) is 1.51. The summed E-state index contributed by atoms with van der Waals surface area (Å²) in [4.78, 5) is 11.8. The van der Waals surface area contributed by atoms with Crippen LogP contribution in [0.2, 0.25) is 0 Å². The fourth-order valence-electron chi connectivity index (χ4n) is 4.12. The van der Waals surface area contributed by atoms with Gasteiger partial charge in [0.05, 0.1) is 0 Å². The molecule has 0 bridgehead atoms. The second-order valence-electron chi connectivity index (χ2n) is 6.93. The summed E-state index contributed by atoms with van der Waals surface area (Å²) < 4.78 is 28.0. The van der Waals surface area contributed by atoms with Gasteiger partial charge in [0, 0.05) is 6.54 Å². The van der Waals surface area contributed by atoms with Gasteiger partial charge in [-0.2, -0.15) is 8.78 Å². The SMILES string of the molecule is O=C(NCC1C2Cc3ccccc3C12)C(F)(F)C1(O)CCC1. The van der Waals surface area contributed by atoms with Gasteiger partial charge in [0.1, 0.15) is 5.60 Å². The first-order valence-electron chi connectivity index (χ1n) is 7.90. The van der Waals surface area contributed by atoms with Crippen molar-refractivity contribution in [2.45, 2.75) is 43.1 Å². The number of alkyl halides is 2. The number of carbonyl (C=O) groups excluding carboxylic acids is 1. The lowest BCUT2D eigenvalue weighted by molar-refractivity contribution is -0.215. The summed E-state index contributed by atoms with van der Waals surface area (Å²) in [7, 11) is 0. The summed E-state index contributed by atoms with van der Waals surface area (Å²) in [5, 5.41) is 12.1. The molecule has 0 saturated heterocycles. The average Bonchev–Trinajstić information content (AvgIpc) is 3.00. The first-order valence-corrected chi connectivity index (χ1v) is 7.90. The summed E-state index contributed by atoms with van der Waals surface area (Å²) in [6.45, 7) is 0.272. The van der Waals surface area contributed by atoms with Crippen LogP contribution in [0.25, 0.3) is 0 Å². The summed E-state index contributed by atoms with van der Waals surface area (Å²) in [5.74, 6) is -3.89. The standard InChI is InChI=1S/C17H19F2NO2/c18-17(19,16(22)6-3-7-16)15(21)20-9-13-12-8-10-4-1-2-5-11(10)14(12)13/h1-2,4-5,12-14,22H,3,6-9H2,(H,20,21). The second kappa shape index (κ2) is 4.51. The molecule has 0 aromatic heterocycles. The molecule has 3 atom stereocenters. The molecule has 4 rings (SSSR count). The van der Waals surface area contributed by atoms with Gasteiger partial charge in [0.2, 0.25) is 0 Å². The van der Waals surface area contributed by atoms with Crippen molar-refractivity contribution in [2.24, 2.45) is 11.8 Å². The second-order valence-corrected chi connectivity index (χ2v) is 6.93. The van der Waals surface area contributed by atoms with Gasteiger partial charge in [-0.05, 0) is 54.6 Å². The Hall–Kier alpha value is -1.49. The van der Waals surface area contributed by atoms with Gasteiger partial charge in [-0.3, -0.25) is 4.79 Å². The van der Waals surface area contributed by atoms with Crippen LogP contribution in [0.3, 0.4) is 0 Å². The van der Waals surface area contributed by atoms with E-state index in [-0.39, 0.29) is 25.3 Å². The van der Waals surface area contributed by atoms with Gasteiger partial charge in [-0.25, -0.2) is 0 Å². The number of nitrogens with one attached hydrogen (secondary N) is 1. The van der Waals surface area contributed by atoms with Crippen LogP contribution in [-0.4, -0.2) is 29.1 Å². The molecular weight excluding hydrogens is 288 g/mol. The number of halogens is 2. The van der Waals surface area contributed by atoms with Crippen molar-refractivity contribution in [3.63, 3.8) is 0 Å². The fraction of sp³-hybridized carbons (Fsp3) is 0.588. The van der Waals surface area contributed by atoms with Gasteiger partial charge in [0.15, 0.2) is 0 Å². The maximum atomic E-state index is 14.0. The van der Waals surface area contributed by atoms with Crippen LogP contribution in [0, 0.1) is 11.8 Å². The van der Waals surface area contributed by atoms with Crippen molar-refractivity contribution < 1.29 is 18.7 Å². The molecule has 0 aliphatic heterocycles. The van der Waals surface area contributed by atoms with Crippen LogP contribution in [-0.2, 0) is 11.2 Å². The van der Waals surface area contributed by atoms with Crippen molar-refractivity contribution in [3.8, 4) is 0 Å². The Kier molecular flexibility index (Phi) is 2.89. The molecule has 1 aromatic rings. The number of carbonyl (C=O) groups is 1. The molecular formula is C17H19F2NO2. The fourth-order valence-corrected chi connectivity index (χ4v) is 4.12. The zero-order valence-electron chi connectivity index (χ0n) is 12.2. The molecule has 3 unspecified atom stereocenters. The topological polar surface area (TPSA) is 49.3 Å². The van der Waals surface area contributed by atoms with E-state index >= 15 is 0 Å². The van der Waals surface area contributed by atoms with E-state index in [2.05, 4.69) is 17.4 Å². The van der Waals surface area contributed by atoms with E-state index in [0.717, 1.165) is 6.42 Å². The predicted molar refractivity (Wildman–Crippen MR) is 76.6 cm³/mol. The van der Waals surface area contributed by atoms with E-state index in [4.69, 9.17) is 0 Å². The van der Waals surface area contributed by atoms with Crippen molar-refractivity contribution in [3.05, 3.63) is 35.4 Å². The lowest BCUT2D eigenvalue weighted by atomic mass is 9.75. The Labute approximate surface area is 127 Å². The van der Waals surface area contributed by atoms with Crippen LogP contribution in [0.1, 0.15) is 36.3 Å². The number of fused-ring (bicyclic) bond motifs is 3. The zero-order valence-corrected chi connectivity index (χ0v) is 12.2. The minimum atomic E-state index is -3.69. The van der Waals surface area contributed by atoms with Gasteiger partial charge in [-0.1, -0.05) is 24.3 Å². The third kappa shape index (κ3) is 1.84. The Morgan fingerprint density at radius 2 is 2.09 bits per heavy atom. The number of rotatable bonds is 4. The number of benzene rings is 1. The molecule has 0 heterocycles. The van der Waals surface area contributed by atoms with Gasteiger partial charge < -0.3 is 10.4 Å². The van der Waals surface area contributed by atoms with E-state index in [1.807, 2.05) is 12.1 Å². The van der Waals surface area contributed by atoms with Gasteiger partial charge >= 0.3 is 5.92 Å². The summed E-state index contributed by atoms with van der Waals surface area (Å²) in [5.41, 5.74) is 0.508. The summed E-state index contributed by atoms with van der Waals surface area (Å²) in [6, 6.07) is 8.21. The van der Waals surface area contributed by atoms with Crippen LogP contribution < -0.4 is 5.32 Å². The lowest BCUT2D eigenvalue weighted by Crippen LogP contribution is -2.60. The third-order valence-corrected chi connectivity index (χ3v) is 5.75. The zero-order chi connectivity index (χ0) is 15.5. The first-order chi connectivity index (χ1) is 10.4. The highest BCUT2D eigenvalue weighted by atomic mass is 19.3. The Bertz CT molecular complexity index is 627. The lowest BCUT2D eigenvalue weighted by Gasteiger charge is -2.41. The largest absolute Gasteiger partial charge is 0.383 e. The quantitative estimate of drug-likeness (QED) is 0.896. The summed E-state index contributed by atoms with van der Waals surface area (Å²) >= 11 is 0. The molecule has 2 saturated carbocycles. The average molecular weight is 307 g/mol. The van der Waals surface area contributed by atoms with E-state index in [9.17, 15) is 18.7 Å². The predicted octanol–water partition coefficient (Wildman–Crippen LogP) is 2.24. The molecule has 2 N–H and O–H groups in total. The number of hydrogen-bond acceptors (Lipinski definition) is 2. The van der Waals surface area contributed by atoms with Gasteiger partial charge in [0.25, 0.3) is 5.91 Å². The van der Waals surface area contributed by atoms with Crippen LogP contribution in [0.15, 0.2) is 24.3 Å². The normalized spacial score (nSPS) is 31.0. The Morgan fingerprint density at radius 1 is 1.36 bits per heavy atom. The molecule has 3 nitrogen and oxygen atoms in total. The third-order valence-electron chi connectivity index (χ3n) is 5.75. The minimum absolute atomic E-state index is 0.00449. The molecule has 1 amide bonds.